The van der Waals surface area contributed by atoms with Gasteiger partial charge in [0.05, 0.1) is 12.2 Å². The lowest BCUT2D eigenvalue weighted by atomic mass is 10.1. The lowest BCUT2D eigenvalue weighted by Crippen LogP contribution is -2.26. The molecule has 0 spiro atoms. The van der Waals surface area contributed by atoms with E-state index in [1.807, 2.05) is 19.9 Å². The Balaban J connectivity index is 2.74. The van der Waals surface area contributed by atoms with Gasteiger partial charge in [0.25, 0.3) is 0 Å². The maximum Gasteiger partial charge on any atom is 0.129 e. The van der Waals surface area contributed by atoms with E-state index in [2.05, 4.69) is 12.2 Å². The fraction of sp³-hybridized carbons (Fsp3) is 0.600. The topological polar surface area (TPSA) is 21.3 Å². The van der Waals surface area contributed by atoms with Gasteiger partial charge in [0.2, 0.25) is 0 Å². The van der Waals surface area contributed by atoms with Crippen LogP contribution in [0.4, 0.5) is 4.39 Å². The molecule has 0 aliphatic rings. The number of likely N-dealkylation sites (N-methyl/N-ethyl adjacent to an activating group) is 1. The van der Waals surface area contributed by atoms with E-state index in [0.717, 1.165) is 19.4 Å². The average Bonchev–Trinajstić information content (AvgIpc) is 2.35. The van der Waals surface area contributed by atoms with E-state index >= 15 is 0 Å². The van der Waals surface area contributed by atoms with E-state index in [1.165, 1.54) is 6.07 Å². The number of hydrogen-bond donors (Lipinski definition) is 1. The van der Waals surface area contributed by atoms with Crippen LogP contribution >= 0.6 is 0 Å². The molecular formula is C15H24FNO. The van der Waals surface area contributed by atoms with Crippen molar-refractivity contribution in [3.05, 3.63) is 35.6 Å². The molecule has 2 atom stereocenters. The zero-order valence-electron chi connectivity index (χ0n) is 11.6. The van der Waals surface area contributed by atoms with Gasteiger partial charge >= 0.3 is 0 Å². The van der Waals surface area contributed by atoms with Crippen molar-refractivity contribution >= 4 is 0 Å². The summed E-state index contributed by atoms with van der Waals surface area (Å²) in [7, 11) is 0. The Morgan fingerprint density at radius 1 is 1.28 bits per heavy atom. The highest BCUT2D eigenvalue weighted by molar-refractivity contribution is 5.20. The zero-order valence-corrected chi connectivity index (χ0v) is 11.6. The lowest BCUT2D eigenvalue weighted by Gasteiger charge is -2.23. The summed E-state index contributed by atoms with van der Waals surface area (Å²) in [5.74, 6) is -0.191. The highest BCUT2D eigenvalue weighted by atomic mass is 19.1. The quantitative estimate of drug-likeness (QED) is 0.763. The Kier molecular flexibility index (Phi) is 6.91. The first-order valence-corrected chi connectivity index (χ1v) is 6.79. The number of halogens is 1. The minimum atomic E-state index is -0.215. The normalized spacial score (nSPS) is 14.4. The predicted molar refractivity (Wildman–Crippen MR) is 73.1 cm³/mol. The fourth-order valence-corrected chi connectivity index (χ4v) is 2.00. The summed E-state index contributed by atoms with van der Waals surface area (Å²) in [6, 6.07) is 6.85. The minimum Gasteiger partial charge on any atom is -0.369 e. The molecule has 18 heavy (non-hydrogen) atoms. The summed E-state index contributed by atoms with van der Waals surface area (Å²) in [4.78, 5) is 0. The molecule has 0 bridgehead atoms. The maximum absolute atomic E-state index is 13.8. The van der Waals surface area contributed by atoms with Crippen molar-refractivity contribution in [3.63, 3.8) is 0 Å². The van der Waals surface area contributed by atoms with Gasteiger partial charge in [-0.15, -0.1) is 0 Å². The summed E-state index contributed by atoms with van der Waals surface area (Å²) in [6.07, 6.45) is 2.01. The van der Waals surface area contributed by atoms with Crippen LogP contribution in [0.5, 0.6) is 0 Å². The minimum absolute atomic E-state index is 0.151. The summed E-state index contributed by atoms with van der Waals surface area (Å²) < 4.78 is 19.8. The Labute approximate surface area is 110 Å². The lowest BCUT2D eigenvalue weighted by molar-refractivity contribution is -0.00867. The molecule has 102 valence electrons. The molecule has 1 N–H and O–H groups in total. The van der Waals surface area contributed by atoms with Crippen LogP contribution in [0.25, 0.3) is 0 Å². The highest BCUT2D eigenvalue weighted by Crippen LogP contribution is 2.22. The number of ether oxygens (including phenoxy) is 1. The van der Waals surface area contributed by atoms with E-state index < -0.39 is 0 Å². The molecular weight excluding hydrogens is 229 g/mol. The molecule has 0 radical (unpaired) electrons. The van der Waals surface area contributed by atoms with Crippen LogP contribution < -0.4 is 5.32 Å². The van der Waals surface area contributed by atoms with Crippen molar-refractivity contribution in [2.45, 2.75) is 45.8 Å². The van der Waals surface area contributed by atoms with Crippen LogP contribution in [0.2, 0.25) is 0 Å². The Hall–Kier alpha value is -0.930. The summed E-state index contributed by atoms with van der Waals surface area (Å²) in [5, 5.41) is 3.23. The van der Waals surface area contributed by atoms with Gasteiger partial charge in [-0.3, -0.25) is 0 Å². The van der Waals surface area contributed by atoms with Gasteiger partial charge in [0, 0.05) is 12.1 Å². The van der Waals surface area contributed by atoms with Gasteiger partial charge < -0.3 is 10.1 Å². The summed E-state index contributed by atoms with van der Waals surface area (Å²) in [6.45, 7) is 7.71. The summed E-state index contributed by atoms with van der Waals surface area (Å²) in [5.41, 5.74) is 0.640. The van der Waals surface area contributed by atoms with Crippen LogP contribution in [0.15, 0.2) is 24.3 Å². The molecule has 2 unspecified atom stereocenters. The Bertz CT molecular complexity index is 343. The molecule has 0 aliphatic heterocycles. The first kappa shape index (κ1) is 15.1. The van der Waals surface area contributed by atoms with E-state index in [0.29, 0.717) is 12.1 Å². The molecule has 1 rings (SSSR count). The predicted octanol–water partition coefficient (Wildman–Crippen LogP) is 3.68. The molecule has 0 aromatic heterocycles. The maximum atomic E-state index is 13.8. The third-order valence-electron chi connectivity index (χ3n) is 2.92. The van der Waals surface area contributed by atoms with Gasteiger partial charge in [-0.1, -0.05) is 38.5 Å². The first-order chi connectivity index (χ1) is 8.69. The second kappa shape index (κ2) is 8.22. The Morgan fingerprint density at radius 2 is 2.00 bits per heavy atom. The number of rotatable bonds is 8. The Morgan fingerprint density at radius 3 is 2.61 bits per heavy atom. The molecule has 0 amide bonds. The SMILES string of the molecule is CCCC(C)OC(CNCC)c1ccccc1F. The monoisotopic (exact) mass is 253 g/mol. The number of benzene rings is 1. The summed E-state index contributed by atoms with van der Waals surface area (Å²) >= 11 is 0. The van der Waals surface area contributed by atoms with E-state index in [9.17, 15) is 4.39 Å². The molecule has 0 saturated carbocycles. The van der Waals surface area contributed by atoms with Crippen LogP contribution in [0, 0.1) is 5.82 Å². The number of nitrogens with one attached hydrogen (secondary N) is 1. The molecule has 0 saturated heterocycles. The molecule has 1 aromatic rings. The van der Waals surface area contributed by atoms with Crippen LogP contribution in [-0.2, 0) is 4.74 Å². The van der Waals surface area contributed by atoms with Crippen molar-refractivity contribution in [1.29, 1.82) is 0 Å². The first-order valence-electron chi connectivity index (χ1n) is 6.79. The zero-order chi connectivity index (χ0) is 13.4. The fourth-order valence-electron chi connectivity index (χ4n) is 2.00. The van der Waals surface area contributed by atoms with Gasteiger partial charge in [-0.2, -0.15) is 0 Å². The van der Waals surface area contributed by atoms with Crippen molar-refractivity contribution in [2.75, 3.05) is 13.1 Å². The van der Waals surface area contributed by atoms with Gasteiger partial charge in [0.15, 0.2) is 0 Å². The van der Waals surface area contributed by atoms with E-state index in [1.54, 1.807) is 12.1 Å². The molecule has 0 aliphatic carbocycles. The molecule has 1 aromatic carbocycles. The second-order valence-corrected chi connectivity index (χ2v) is 4.55. The van der Waals surface area contributed by atoms with Crippen molar-refractivity contribution in [3.8, 4) is 0 Å². The van der Waals surface area contributed by atoms with Crippen LogP contribution in [0.1, 0.15) is 45.3 Å². The van der Waals surface area contributed by atoms with Gasteiger partial charge in [0.1, 0.15) is 5.82 Å². The van der Waals surface area contributed by atoms with Gasteiger partial charge in [-0.25, -0.2) is 4.39 Å². The average molecular weight is 253 g/mol. The van der Waals surface area contributed by atoms with Gasteiger partial charge in [-0.05, 0) is 26.0 Å². The van der Waals surface area contributed by atoms with Crippen molar-refractivity contribution < 1.29 is 9.13 Å². The molecule has 0 heterocycles. The second-order valence-electron chi connectivity index (χ2n) is 4.55. The standard InChI is InChI=1S/C15H24FNO/c1-4-8-12(3)18-15(11-17-5-2)13-9-6-7-10-14(13)16/h6-7,9-10,12,15,17H,4-5,8,11H2,1-3H3. The highest BCUT2D eigenvalue weighted by Gasteiger charge is 2.18. The molecule has 2 nitrogen and oxygen atoms in total. The molecule has 0 fully saturated rings. The van der Waals surface area contributed by atoms with Crippen molar-refractivity contribution in [1.82, 2.24) is 5.32 Å². The van der Waals surface area contributed by atoms with E-state index in [-0.39, 0.29) is 18.0 Å². The third kappa shape index (κ3) is 4.75. The van der Waals surface area contributed by atoms with Crippen LogP contribution in [0.3, 0.4) is 0 Å². The number of hydrogen-bond acceptors (Lipinski definition) is 2. The largest absolute Gasteiger partial charge is 0.369 e. The van der Waals surface area contributed by atoms with Crippen molar-refractivity contribution in [2.24, 2.45) is 0 Å². The van der Waals surface area contributed by atoms with E-state index in [4.69, 9.17) is 4.74 Å². The third-order valence-corrected chi connectivity index (χ3v) is 2.92. The smallest absolute Gasteiger partial charge is 0.129 e. The molecule has 3 heteroatoms. The van der Waals surface area contributed by atoms with Crippen LogP contribution in [-0.4, -0.2) is 19.2 Å².